The van der Waals surface area contributed by atoms with Crippen molar-refractivity contribution in [3.8, 4) is 0 Å². The predicted molar refractivity (Wildman–Crippen MR) is 85.2 cm³/mol. The first-order valence-electron chi connectivity index (χ1n) is 6.33. The van der Waals surface area contributed by atoms with Crippen molar-refractivity contribution in [3.63, 3.8) is 0 Å². The quantitative estimate of drug-likeness (QED) is 0.936. The van der Waals surface area contributed by atoms with Crippen molar-refractivity contribution in [3.05, 3.63) is 62.5 Å². The minimum Gasteiger partial charge on any atom is -0.323 e. The zero-order chi connectivity index (χ0) is 15.6. The Morgan fingerprint density at radius 3 is 2.62 bits per heavy atom. The highest BCUT2D eigenvalue weighted by atomic mass is 35.5. The fraction of sp³-hybridized carbons (Fsp3) is 0.200. The Kier molecular flexibility index (Phi) is 4.70. The van der Waals surface area contributed by atoms with Crippen LogP contribution in [0.2, 0.25) is 10.0 Å². The summed E-state index contributed by atoms with van der Waals surface area (Å²) >= 11 is 11.9. The number of aryl methyl sites for hydroxylation is 1. The number of rotatable bonds is 3. The summed E-state index contributed by atoms with van der Waals surface area (Å²) in [5.41, 5.74) is 1.04. The number of pyridine rings is 1. The molecule has 0 bridgehead atoms. The van der Waals surface area contributed by atoms with Gasteiger partial charge in [0.05, 0.1) is 10.7 Å². The monoisotopic (exact) mass is 324 g/mol. The van der Waals surface area contributed by atoms with E-state index in [9.17, 15) is 9.59 Å². The molecule has 21 heavy (non-hydrogen) atoms. The minimum atomic E-state index is -0.659. The molecule has 0 fully saturated rings. The first kappa shape index (κ1) is 15.6. The van der Waals surface area contributed by atoms with Crippen molar-refractivity contribution < 1.29 is 4.79 Å². The predicted octanol–water partition coefficient (Wildman–Crippen LogP) is 3.66. The molecule has 2 aromatic rings. The molecule has 1 aromatic heterocycles. The lowest BCUT2D eigenvalue weighted by molar-refractivity contribution is -0.118. The Balaban J connectivity index is 2.23. The van der Waals surface area contributed by atoms with Crippen LogP contribution in [-0.2, 0) is 4.79 Å². The van der Waals surface area contributed by atoms with Gasteiger partial charge in [0.25, 0.3) is 5.56 Å². The van der Waals surface area contributed by atoms with Gasteiger partial charge in [-0.2, -0.15) is 0 Å². The van der Waals surface area contributed by atoms with Gasteiger partial charge < -0.3 is 9.88 Å². The highest BCUT2D eigenvalue weighted by Gasteiger charge is 2.17. The van der Waals surface area contributed by atoms with Crippen molar-refractivity contribution in [1.82, 2.24) is 4.57 Å². The van der Waals surface area contributed by atoms with E-state index in [0.717, 1.165) is 5.56 Å². The molecule has 110 valence electrons. The number of amides is 1. The van der Waals surface area contributed by atoms with E-state index in [2.05, 4.69) is 5.32 Å². The van der Waals surface area contributed by atoms with Crippen LogP contribution >= 0.6 is 23.2 Å². The van der Waals surface area contributed by atoms with E-state index in [1.807, 2.05) is 6.92 Å². The number of hydrogen-bond acceptors (Lipinski definition) is 2. The van der Waals surface area contributed by atoms with Crippen molar-refractivity contribution in [2.24, 2.45) is 0 Å². The van der Waals surface area contributed by atoms with Gasteiger partial charge >= 0.3 is 0 Å². The lowest BCUT2D eigenvalue weighted by Crippen LogP contribution is -2.31. The van der Waals surface area contributed by atoms with Gasteiger partial charge in [0.1, 0.15) is 6.04 Å². The molecule has 0 radical (unpaired) electrons. The zero-order valence-electron chi connectivity index (χ0n) is 11.6. The summed E-state index contributed by atoms with van der Waals surface area (Å²) in [4.78, 5) is 24.1. The molecular formula is C15H14Cl2N2O2. The molecule has 1 unspecified atom stereocenters. The largest absolute Gasteiger partial charge is 0.323 e. The number of aromatic nitrogens is 1. The van der Waals surface area contributed by atoms with E-state index in [0.29, 0.717) is 15.7 Å². The SMILES string of the molecule is Cc1ccn(C(C)C(=O)Nc2cc(Cl)ccc2Cl)c(=O)c1. The van der Waals surface area contributed by atoms with Gasteiger partial charge in [-0.25, -0.2) is 0 Å². The van der Waals surface area contributed by atoms with Crippen LogP contribution in [0.3, 0.4) is 0 Å². The van der Waals surface area contributed by atoms with Crippen LogP contribution in [0.4, 0.5) is 5.69 Å². The maximum atomic E-state index is 12.2. The van der Waals surface area contributed by atoms with Gasteiger partial charge in [-0.05, 0) is 43.7 Å². The number of hydrogen-bond donors (Lipinski definition) is 1. The van der Waals surface area contributed by atoms with Crippen LogP contribution in [0, 0.1) is 6.92 Å². The smallest absolute Gasteiger partial charge is 0.251 e. The molecule has 0 saturated heterocycles. The fourth-order valence-electron chi connectivity index (χ4n) is 1.87. The number of carbonyl (C=O) groups is 1. The van der Waals surface area contributed by atoms with Gasteiger partial charge in [-0.3, -0.25) is 9.59 Å². The molecule has 0 saturated carbocycles. The van der Waals surface area contributed by atoms with E-state index in [1.165, 1.54) is 10.6 Å². The zero-order valence-corrected chi connectivity index (χ0v) is 13.1. The Bertz CT molecular complexity index is 741. The summed E-state index contributed by atoms with van der Waals surface area (Å²) < 4.78 is 1.36. The summed E-state index contributed by atoms with van der Waals surface area (Å²) in [5, 5.41) is 3.53. The van der Waals surface area contributed by atoms with Crippen LogP contribution in [0.15, 0.2) is 41.3 Å². The molecule has 1 atom stereocenters. The Morgan fingerprint density at radius 2 is 1.95 bits per heavy atom. The summed E-state index contributed by atoms with van der Waals surface area (Å²) in [6.45, 7) is 3.47. The average molecular weight is 325 g/mol. The van der Waals surface area contributed by atoms with E-state index >= 15 is 0 Å². The molecule has 1 aromatic carbocycles. The van der Waals surface area contributed by atoms with Crippen molar-refractivity contribution in [2.45, 2.75) is 19.9 Å². The summed E-state index contributed by atoms with van der Waals surface area (Å²) in [5.74, 6) is -0.342. The third kappa shape index (κ3) is 3.65. The topological polar surface area (TPSA) is 51.1 Å². The van der Waals surface area contributed by atoms with Crippen molar-refractivity contribution >= 4 is 34.8 Å². The highest BCUT2D eigenvalue weighted by Crippen LogP contribution is 2.26. The summed E-state index contributed by atoms with van der Waals surface area (Å²) in [6.07, 6.45) is 1.60. The van der Waals surface area contributed by atoms with Crippen molar-refractivity contribution in [1.29, 1.82) is 0 Å². The first-order chi connectivity index (χ1) is 9.88. The van der Waals surface area contributed by atoms with Crippen molar-refractivity contribution in [2.75, 3.05) is 5.32 Å². The molecule has 0 aliphatic carbocycles. The molecule has 1 heterocycles. The molecule has 1 N–H and O–H groups in total. The molecule has 1 amide bonds. The molecule has 0 spiro atoms. The van der Waals surface area contributed by atoms with Gasteiger partial charge in [0.2, 0.25) is 5.91 Å². The van der Waals surface area contributed by atoms with E-state index in [-0.39, 0.29) is 11.5 Å². The number of nitrogens with zero attached hydrogens (tertiary/aromatic N) is 1. The molecule has 2 rings (SSSR count). The fourth-order valence-corrected chi connectivity index (χ4v) is 2.20. The van der Waals surface area contributed by atoms with Crippen LogP contribution in [0.5, 0.6) is 0 Å². The van der Waals surface area contributed by atoms with Crippen LogP contribution in [-0.4, -0.2) is 10.5 Å². The normalized spacial score (nSPS) is 12.0. The van der Waals surface area contributed by atoms with Gasteiger partial charge in [0.15, 0.2) is 0 Å². The lowest BCUT2D eigenvalue weighted by atomic mass is 10.2. The molecule has 0 aliphatic rings. The second kappa shape index (κ2) is 6.33. The van der Waals surface area contributed by atoms with Gasteiger partial charge in [0, 0.05) is 17.3 Å². The Hall–Kier alpha value is -1.78. The Morgan fingerprint density at radius 1 is 1.24 bits per heavy atom. The van der Waals surface area contributed by atoms with Gasteiger partial charge in [-0.1, -0.05) is 23.2 Å². The van der Waals surface area contributed by atoms with E-state index in [4.69, 9.17) is 23.2 Å². The lowest BCUT2D eigenvalue weighted by Gasteiger charge is -2.16. The van der Waals surface area contributed by atoms with E-state index in [1.54, 1.807) is 37.4 Å². The maximum absolute atomic E-state index is 12.2. The van der Waals surface area contributed by atoms with E-state index < -0.39 is 6.04 Å². The third-order valence-electron chi connectivity index (χ3n) is 3.09. The number of nitrogens with one attached hydrogen (secondary N) is 1. The van der Waals surface area contributed by atoms with Crippen LogP contribution in [0.25, 0.3) is 0 Å². The summed E-state index contributed by atoms with van der Waals surface area (Å²) in [6, 6.07) is 7.39. The number of benzene rings is 1. The number of anilines is 1. The number of carbonyl (C=O) groups excluding carboxylic acids is 1. The second-order valence-electron chi connectivity index (χ2n) is 4.74. The molecule has 0 aliphatic heterocycles. The highest BCUT2D eigenvalue weighted by molar-refractivity contribution is 6.35. The molecule has 6 heteroatoms. The number of halogens is 2. The van der Waals surface area contributed by atoms with Gasteiger partial charge in [-0.15, -0.1) is 0 Å². The standard InChI is InChI=1S/C15H14Cl2N2O2/c1-9-5-6-19(14(20)7-9)10(2)15(21)18-13-8-11(16)3-4-12(13)17/h3-8,10H,1-2H3,(H,18,21). The average Bonchev–Trinajstić information content (AvgIpc) is 2.42. The first-order valence-corrected chi connectivity index (χ1v) is 7.09. The third-order valence-corrected chi connectivity index (χ3v) is 3.65. The second-order valence-corrected chi connectivity index (χ2v) is 5.58. The minimum absolute atomic E-state index is 0.227. The van der Waals surface area contributed by atoms with Crippen LogP contribution < -0.4 is 10.9 Å². The molecule has 4 nitrogen and oxygen atoms in total. The Labute approximate surface area is 132 Å². The molecular weight excluding hydrogens is 311 g/mol. The maximum Gasteiger partial charge on any atom is 0.251 e. The summed E-state index contributed by atoms with van der Waals surface area (Å²) in [7, 11) is 0. The van der Waals surface area contributed by atoms with Crippen LogP contribution in [0.1, 0.15) is 18.5 Å².